The zero-order valence-electron chi connectivity index (χ0n) is 11.6. The Balaban J connectivity index is 2.18. The Bertz CT molecular complexity index is 740. The molecule has 2 aromatic heterocycles. The number of aromatic amines is 1. The van der Waals surface area contributed by atoms with Crippen molar-refractivity contribution < 1.29 is 4.79 Å². The van der Waals surface area contributed by atoms with Gasteiger partial charge in [-0.1, -0.05) is 24.3 Å². The Morgan fingerprint density at radius 2 is 2.05 bits per heavy atom. The van der Waals surface area contributed by atoms with Crippen molar-refractivity contribution in [2.75, 3.05) is 0 Å². The lowest BCUT2D eigenvalue weighted by atomic mass is 9.90. The topological polar surface area (TPSA) is 32.9 Å². The molecular weight excluding hydrogens is 266 g/mol. The summed E-state index contributed by atoms with van der Waals surface area (Å²) in [6.45, 7) is 3.76. The minimum absolute atomic E-state index is 0.156. The van der Waals surface area contributed by atoms with E-state index in [1.165, 1.54) is 15.8 Å². The van der Waals surface area contributed by atoms with E-state index < -0.39 is 0 Å². The van der Waals surface area contributed by atoms with Crippen LogP contribution in [0, 0.1) is 6.92 Å². The van der Waals surface area contributed by atoms with Gasteiger partial charge in [-0.2, -0.15) is 0 Å². The van der Waals surface area contributed by atoms with Crippen LogP contribution in [0.4, 0.5) is 0 Å². The number of benzene rings is 1. The molecule has 0 saturated heterocycles. The van der Waals surface area contributed by atoms with Crippen molar-refractivity contribution in [3.8, 4) is 0 Å². The number of hydrogen-bond acceptors (Lipinski definition) is 2. The molecular formula is C17H17NOS. The van der Waals surface area contributed by atoms with Gasteiger partial charge in [0.15, 0.2) is 0 Å². The Labute approximate surface area is 122 Å². The number of carbonyl (C=O) groups excluding carboxylic acids is 1. The molecule has 2 nitrogen and oxygen atoms in total. The van der Waals surface area contributed by atoms with E-state index in [2.05, 4.69) is 47.6 Å². The van der Waals surface area contributed by atoms with Gasteiger partial charge in [-0.15, -0.1) is 11.3 Å². The van der Waals surface area contributed by atoms with Crippen molar-refractivity contribution in [3.63, 3.8) is 0 Å². The number of ketones is 1. The molecule has 0 amide bonds. The lowest BCUT2D eigenvalue weighted by molar-refractivity contribution is -0.117. The summed E-state index contributed by atoms with van der Waals surface area (Å²) in [7, 11) is 0. The fraction of sp³-hybridized carbons (Fsp3) is 0.235. The smallest absolute Gasteiger partial charge is 0.130 e. The van der Waals surface area contributed by atoms with Crippen LogP contribution in [-0.2, 0) is 4.79 Å². The van der Waals surface area contributed by atoms with E-state index in [4.69, 9.17) is 0 Å². The van der Waals surface area contributed by atoms with Gasteiger partial charge in [-0.05, 0) is 36.9 Å². The summed E-state index contributed by atoms with van der Waals surface area (Å²) in [5.74, 6) is 0.386. The molecule has 0 aliphatic carbocycles. The molecule has 102 valence electrons. The molecule has 3 aromatic rings. The van der Waals surface area contributed by atoms with Gasteiger partial charge in [0.1, 0.15) is 5.78 Å². The van der Waals surface area contributed by atoms with Gasteiger partial charge >= 0.3 is 0 Å². The molecule has 0 aliphatic heterocycles. The van der Waals surface area contributed by atoms with E-state index in [1.807, 2.05) is 6.07 Å². The van der Waals surface area contributed by atoms with Gasteiger partial charge in [-0.3, -0.25) is 4.79 Å². The number of fused-ring (bicyclic) bond motifs is 1. The summed E-state index contributed by atoms with van der Waals surface area (Å²) in [6.07, 6.45) is 0.559. The number of carbonyl (C=O) groups is 1. The third kappa shape index (κ3) is 2.29. The van der Waals surface area contributed by atoms with Gasteiger partial charge in [0.2, 0.25) is 0 Å². The number of Topliss-reactive ketones (excluding diaryl/α,β-unsaturated/α-hetero) is 1. The predicted molar refractivity (Wildman–Crippen MR) is 84.5 cm³/mol. The van der Waals surface area contributed by atoms with Crippen molar-refractivity contribution in [2.24, 2.45) is 0 Å². The largest absolute Gasteiger partial charge is 0.358 e. The highest BCUT2D eigenvalue weighted by atomic mass is 32.1. The molecule has 1 atom stereocenters. The molecule has 1 N–H and O–H groups in total. The first-order valence-electron chi connectivity index (χ1n) is 6.77. The first kappa shape index (κ1) is 13.1. The average Bonchev–Trinajstić information content (AvgIpc) is 3.02. The van der Waals surface area contributed by atoms with E-state index in [1.54, 1.807) is 18.3 Å². The van der Waals surface area contributed by atoms with Crippen molar-refractivity contribution >= 4 is 28.0 Å². The monoisotopic (exact) mass is 283 g/mol. The normalized spacial score (nSPS) is 12.7. The molecule has 0 spiro atoms. The van der Waals surface area contributed by atoms with Crippen molar-refractivity contribution in [2.45, 2.75) is 26.2 Å². The third-order valence-corrected chi connectivity index (χ3v) is 4.66. The standard InChI is InChI=1S/C17H17NOS/c1-11(19)10-14(16-8-5-9-20-16)17-12(2)18-15-7-4-3-6-13(15)17/h3-9,14,18H,10H2,1-2H3. The van der Waals surface area contributed by atoms with Crippen molar-refractivity contribution in [1.82, 2.24) is 4.98 Å². The Morgan fingerprint density at radius 3 is 2.75 bits per heavy atom. The second kappa shape index (κ2) is 5.25. The molecule has 0 saturated carbocycles. The van der Waals surface area contributed by atoms with Crippen molar-refractivity contribution in [1.29, 1.82) is 0 Å². The molecule has 2 heterocycles. The van der Waals surface area contributed by atoms with E-state index in [-0.39, 0.29) is 11.7 Å². The molecule has 0 fully saturated rings. The van der Waals surface area contributed by atoms with E-state index in [9.17, 15) is 4.79 Å². The van der Waals surface area contributed by atoms with Crippen LogP contribution in [0.1, 0.15) is 35.4 Å². The first-order valence-corrected chi connectivity index (χ1v) is 7.65. The van der Waals surface area contributed by atoms with E-state index >= 15 is 0 Å². The highest BCUT2D eigenvalue weighted by molar-refractivity contribution is 7.10. The van der Waals surface area contributed by atoms with Gasteiger partial charge < -0.3 is 4.98 Å². The quantitative estimate of drug-likeness (QED) is 0.743. The molecule has 0 aliphatic rings. The maximum Gasteiger partial charge on any atom is 0.130 e. The second-order valence-electron chi connectivity index (χ2n) is 5.18. The Morgan fingerprint density at radius 1 is 1.25 bits per heavy atom. The van der Waals surface area contributed by atoms with Crippen LogP contribution in [0.2, 0.25) is 0 Å². The molecule has 20 heavy (non-hydrogen) atoms. The van der Waals surface area contributed by atoms with Gasteiger partial charge in [0.25, 0.3) is 0 Å². The van der Waals surface area contributed by atoms with Crippen molar-refractivity contribution in [3.05, 3.63) is 57.9 Å². The van der Waals surface area contributed by atoms with Gasteiger partial charge in [-0.25, -0.2) is 0 Å². The van der Waals surface area contributed by atoms with Crippen LogP contribution >= 0.6 is 11.3 Å². The summed E-state index contributed by atoms with van der Waals surface area (Å²) in [4.78, 5) is 16.4. The first-order chi connectivity index (χ1) is 9.66. The number of H-pyrrole nitrogens is 1. The van der Waals surface area contributed by atoms with E-state index in [0.29, 0.717) is 6.42 Å². The lowest BCUT2D eigenvalue weighted by Gasteiger charge is -2.15. The zero-order chi connectivity index (χ0) is 14.1. The SMILES string of the molecule is CC(=O)CC(c1cccs1)c1c(C)[nH]c2ccccc12. The average molecular weight is 283 g/mol. The van der Waals surface area contributed by atoms with E-state index in [0.717, 1.165) is 11.2 Å². The number of rotatable bonds is 4. The molecule has 0 bridgehead atoms. The molecule has 1 aromatic carbocycles. The second-order valence-corrected chi connectivity index (χ2v) is 6.16. The third-order valence-electron chi connectivity index (χ3n) is 3.67. The highest BCUT2D eigenvalue weighted by Crippen LogP contribution is 2.37. The summed E-state index contributed by atoms with van der Waals surface area (Å²) >= 11 is 1.72. The summed E-state index contributed by atoms with van der Waals surface area (Å²) in [5, 5.41) is 3.30. The zero-order valence-corrected chi connectivity index (χ0v) is 12.5. The lowest BCUT2D eigenvalue weighted by Crippen LogP contribution is -2.05. The van der Waals surface area contributed by atoms with Gasteiger partial charge in [0, 0.05) is 33.8 Å². The Hall–Kier alpha value is -1.87. The number of aryl methyl sites for hydroxylation is 1. The van der Waals surface area contributed by atoms with Crippen LogP contribution in [0.25, 0.3) is 10.9 Å². The summed E-state index contributed by atoms with van der Waals surface area (Å²) < 4.78 is 0. The predicted octanol–water partition coefficient (Wildman–Crippen LogP) is 4.65. The van der Waals surface area contributed by atoms with Crippen LogP contribution in [0.15, 0.2) is 41.8 Å². The van der Waals surface area contributed by atoms with Crippen LogP contribution < -0.4 is 0 Å². The number of aromatic nitrogens is 1. The van der Waals surface area contributed by atoms with Crippen LogP contribution in [0.3, 0.4) is 0 Å². The van der Waals surface area contributed by atoms with Gasteiger partial charge in [0.05, 0.1) is 0 Å². The number of para-hydroxylation sites is 1. The van der Waals surface area contributed by atoms with Crippen LogP contribution in [0.5, 0.6) is 0 Å². The molecule has 3 heteroatoms. The highest BCUT2D eigenvalue weighted by Gasteiger charge is 2.22. The maximum atomic E-state index is 11.7. The molecule has 1 unspecified atom stereocenters. The fourth-order valence-electron chi connectivity index (χ4n) is 2.87. The molecule has 0 radical (unpaired) electrons. The maximum absolute atomic E-state index is 11.7. The summed E-state index contributed by atoms with van der Waals surface area (Å²) in [6, 6.07) is 12.5. The molecule has 3 rings (SSSR count). The summed E-state index contributed by atoms with van der Waals surface area (Å²) in [5.41, 5.74) is 3.56. The number of hydrogen-bond donors (Lipinski definition) is 1. The number of thiophene rings is 1. The minimum atomic E-state index is 0.156. The minimum Gasteiger partial charge on any atom is -0.358 e. The Kier molecular flexibility index (Phi) is 3.45. The van der Waals surface area contributed by atoms with Crippen LogP contribution in [-0.4, -0.2) is 10.8 Å². The fourth-order valence-corrected chi connectivity index (χ4v) is 3.71. The number of nitrogens with one attached hydrogen (secondary N) is 1.